The van der Waals surface area contributed by atoms with E-state index < -0.39 is 0 Å². The van der Waals surface area contributed by atoms with E-state index in [0.29, 0.717) is 12.1 Å². The molecule has 2 aromatic rings. The third-order valence-corrected chi connectivity index (χ3v) is 3.84. The van der Waals surface area contributed by atoms with Crippen molar-refractivity contribution in [1.29, 1.82) is 0 Å². The van der Waals surface area contributed by atoms with Crippen LogP contribution in [0, 0.1) is 0 Å². The molecular formula is C14H14N2O. The molecule has 1 aromatic heterocycles. The fraction of sp³-hybridized carbons (Fsp3) is 0.357. The van der Waals surface area contributed by atoms with E-state index >= 15 is 0 Å². The molecule has 3 heteroatoms. The molecule has 0 amide bonds. The van der Waals surface area contributed by atoms with Crippen LogP contribution in [0.15, 0.2) is 36.5 Å². The first-order valence-electron chi connectivity index (χ1n) is 6.14. The van der Waals surface area contributed by atoms with Gasteiger partial charge < -0.3 is 9.64 Å². The van der Waals surface area contributed by atoms with Crippen LogP contribution < -0.4 is 4.90 Å². The van der Waals surface area contributed by atoms with Crippen molar-refractivity contribution < 1.29 is 4.74 Å². The lowest BCUT2D eigenvalue weighted by molar-refractivity contribution is 0.0992. The van der Waals surface area contributed by atoms with Crippen LogP contribution in [0.1, 0.15) is 6.42 Å². The molecule has 3 nitrogen and oxygen atoms in total. The van der Waals surface area contributed by atoms with Crippen molar-refractivity contribution in [3.63, 3.8) is 0 Å². The minimum atomic E-state index is 0.437. The molecular weight excluding hydrogens is 212 g/mol. The third-order valence-electron chi connectivity index (χ3n) is 3.84. The molecule has 0 aliphatic carbocycles. The zero-order chi connectivity index (χ0) is 11.2. The van der Waals surface area contributed by atoms with Crippen LogP contribution in [0.2, 0.25) is 0 Å². The molecule has 3 heterocycles. The number of benzene rings is 1. The quantitative estimate of drug-likeness (QED) is 0.745. The number of hydrogen-bond acceptors (Lipinski definition) is 3. The maximum Gasteiger partial charge on any atom is 0.0771 e. The van der Waals surface area contributed by atoms with Crippen molar-refractivity contribution in [3.8, 4) is 0 Å². The molecule has 2 fully saturated rings. The van der Waals surface area contributed by atoms with Crippen molar-refractivity contribution in [2.24, 2.45) is 0 Å². The second-order valence-corrected chi connectivity index (χ2v) is 4.84. The molecule has 2 aliphatic heterocycles. The van der Waals surface area contributed by atoms with E-state index in [0.717, 1.165) is 18.7 Å². The SMILES string of the molecule is c1ccc2c(N3CC4CC3CO4)ccnc2c1. The summed E-state index contributed by atoms with van der Waals surface area (Å²) < 4.78 is 5.66. The summed E-state index contributed by atoms with van der Waals surface area (Å²) in [5.41, 5.74) is 2.39. The van der Waals surface area contributed by atoms with Gasteiger partial charge in [0.15, 0.2) is 0 Å². The molecule has 2 saturated heterocycles. The molecule has 0 spiro atoms. The maximum atomic E-state index is 5.66. The van der Waals surface area contributed by atoms with E-state index in [9.17, 15) is 0 Å². The first-order chi connectivity index (χ1) is 8.42. The topological polar surface area (TPSA) is 25.4 Å². The molecule has 17 heavy (non-hydrogen) atoms. The van der Waals surface area contributed by atoms with Gasteiger partial charge in [-0.1, -0.05) is 18.2 Å². The molecule has 86 valence electrons. The molecule has 1 aromatic carbocycles. The van der Waals surface area contributed by atoms with Gasteiger partial charge in [0, 0.05) is 23.8 Å². The van der Waals surface area contributed by atoms with Gasteiger partial charge in [-0.3, -0.25) is 4.98 Å². The van der Waals surface area contributed by atoms with Gasteiger partial charge in [0.2, 0.25) is 0 Å². The van der Waals surface area contributed by atoms with E-state index in [1.54, 1.807) is 0 Å². The van der Waals surface area contributed by atoms with Crippen molar-refractivity contribution in [2.75, 3.05) is 18.1 Å². The smallest absolute Gasteiger partial charge is 0.0771 e. The van der Waals surface area contributed by atoms with Crippen LogP contribution in [0.5, 0.6) is 0 Å². The molecule has 2 atom stereocenters. The van der Waals surface area contributed by atoms with Gasteiger partial charge in [-0.05, 0) is 18.6 Å². The number of aromatic nitrogens is 1. The Bertz CT molecular complexity index is 564. The Morgan fingerprint density at radius 2 is 2.18 bits per heavy atom. The minimum Gasteiger partial charge on any atom is -0.374 e. The van der Waals surface area contributed by atoms with E-state index in [2.05, 4.69) is 34.1 Å². The number of nitrogens with zero attached hydrogens (tertiary/aromatic N) is 2. The Balaban J connectivity index is 1.85. The van der Waals surface area contributed by atoms with E-state index in [1.165, 1.54) is 17.5 Å². The van der Waals surface area contributed by atoms with Crippen LogP contribution in [0.3, 0.4) is 0 Å². The second kappa shape index (κ2) is 3.44. The number of rotatable bonds is 1. The summed E-state index contributed by atoms with van der Waals surface area (Å²) in [4.78, 5) is 6.90. The number of morpholine rings is 1. The maximum absolute atomic E-state index is 5.66. The highest BCUT2D eigenvalue weighted by atomic mass is 16.5. The van der Waals surface area contributed by atoms with Crippen molar-refractivity contribution in [2.45, 2.75) is 18.6 Å². The zero-order valence-corrected chi connectivity index (χ0v) is 9.54. The van der Waals surface area contributed by atoms with Crippen LogP contribution in [0.4, 0.5) is 5.69 Å². The first-order valence-corrected chi connectivity index (χ1v) is 6.14. The Morgan fingerprint density at radius 1 is 1.24 bits per heavy atom. The van der Waals surface area contributed by atoms with E-state index in [-0.39, 0.29) is 0 Å². The number of hydrogen-bond donors (Lipinski definition) is 0. The summed E-state index contributed by atoms with van der Waals surface area (Å²) in [6.45, 7) is 1.90. The molecule has 0 N–H and O–H groups in total. The monoisotopic (exact) mass is 226 g/mol. The second-order valence-electron chi connectivity index (χ2n) is 4.84. The Morgan fingerprint density at radius 3 is 3.00 bits per heavy atom. The fourth-order valence-corrected chi connectivity index (χ4v) is 3.03. The number of pyridine rings is 1. The van der Waals surface area contributed by atoms with Gasteiger partial charge >= 0.3 is 0 Å². The predicted molar refractivity (Wildman–Crippen MR) is 67.2 cm³/mol. The summed E-state index contributed by atoms with van der Waals surface area (Å²) in [6.07, 6.45) is 3.52. The lowest BCUT2D eigenvalue weighted by Crippen LogP contribution is -2.37. The fourth-order valence-electron chi connectivity index (χ4n) is 3.03. The number of para-hydroxylation sites is 1. The molecule has 0 saturated carbocycles. The number of fused-ring (bicyclic) bond motifs is 3. The normalized spacial score (nSPS) is 26.9. The Labute approximate surface area is 100 Å². The van der Waals surface area contributed by atoms with Gasteiger partial charge in [0.25, 0.3) is 0 Å². The molecule has 2 bridgehead atoms. The minimum absolute atomic E-state index is 0.437. The van der Waals surface area contributed by atoms with Crippen LogP contribution in [0.25, 0.3) is 10.9 Å². The molecule has 2 aliphatic rings. The van der Waals surface area contributed by atoms with Crippen LogP contribution >= 0.6 is 0 Å². The average Bonchev–Trinajstić information content (AvgIpc) is 3.00. The highest BCUT2D eigenvalue weighted by molar-refractivity contribution is 5.91. The number of anilines is 1. The largest absolute Gasteiger partial charge is 0.374 e. The molecule has 0 radical (unpaired) electrons. The Hall–Kier alpha value is -1.61. The van der Waals surface area contributed by atoms with Crippen molar-refractivity contribution >= 4 is 16.6 Å². The standard InChI is InChI=1S/C14H14N2O/c1-2-4-13-12(3-1)14(5-6-15-13)16-8-11-7-10(16)9-17-11/h1-6,10-11H,7-9H2. The highest BCUT2D eigenvalue weighted by Gasteiger charge is 2.39. The van der Waals surface area contributed by atoms with Gasteiger partial charge in [-0.2, -0.15) is 0 Å². The molecule has 4 rings (SSSR count). The van der Waals surface area contributed by atoms with Crippen LogP contribution in [-0.4, -0.2) is 30.3 Å². The lowest BCUT2D eigenvalue weighted by Gasteiger charge is -2.29. The van der Waals surface area contributed by atoms with Gasteiger partial charge in [0.05, 0.1) is 24.3 Å². The average molecular weight is 226 g/mol. The molecule has 2 unspecified atom stereocenters. The predicted octanol–water partition coefficient (Wildman–Crippen LogP) is 2.21. The summed E-state index contributed by atoms with van der Waals surface area (Å²) in [5.74, 6) is 0. The van der Waals surface area contributed by atoms with E-state index in [1.807, 2.05) is 12.3 Å². The van der Waals surface area contributed by atoms with Crippen molar-refractivity contribution in [1.82, 2.24) is 4.98 Å². The van der Waals surface area contributed by atoms with Gasteiger partial charge in [-0.15, -0.1) is 0 Å². The summed E-state index contributed by atoms with van der Waals surface area (Å²) in [5, 5.41) is 1.25. The van der Waals surface area contributed by atoms with Gasteiger partial charge in [0.1, 0.15) is 0 Å². The lowest BCUT2D eigenvalue weighted by atomic mass is 10.1. The van der Waals surface area contributed by atoms with Gasteiger partial charge in [-0.25, -0.2) is 0 Å². The van der Waals surface area contributed by atoms with E-state index in [4.69, 9.17) is 4.74 Å². The highest BCUT2D eigenvalue weighted by Crippen LogP contribution is 2.35. The number of ether oxygens (including phenoxy) is 1. The summed E-state index contributed by atoms with van der Waals surface area (Å²) in [7, 11) is 0. The summed E-state index contributed by atoms with van der Waals surface area (Å²) >= 11 is 0. The third kappa shape index (κ3) is 1.35. The summed E-state index contributed by atoms with van der Waals surface area (Å²) in [6, 6.07) is 11.0. The zero-order valence-electron chi connectivity index (χ0n) is 9.54. The van der Waals surface area contributed by atoms with Crippen molar-refractivity contribution in [3.05, 3.63) is 36.5 Å². The first kappa shape index (κ1) is 9.42. The van der Waals surface area contributed by atoms with Crippen LogP contribution in [-0.2, 0) is 4.74 Å². The Kier molecular flexibility index (Phi) is 1.91.